The lowest BCUT2D eigenvalue weighted by Crippen LogP contribution is -2.56. The van der Waals surface area contributed by atoms with Crippen molar-refractivity contribution in [3.8, 4) is 0 Å². The summed E-state index contributed by atoms with van der Waals surface area (Å²) in [7, 11) is 0. The van der Waals surface area contributed by atoms with Crippen LogP contribution in [0, 0.1) is 5.92 Å². The van der Waals surface area contributed by atoms with Gasteiger partial charge in [-0.3, -0.25) is 19.2 Å². The Morgan fingerprint density at radius 1 is 0.806 bits per heavy atom. The van der Waals surface area contributed by atoms with Gasteiger partial charge in [-0.1, -0.05) is 13.8 Å². The summed E-state index contributed by atoms with van der Waals surface area (Å²) in [4.78, 5) is 59.2. The third-order valence-electron chi connectivity index (χ3n) is 4.39. The van der Waals surface area contributed by atoms with Gasteiger partial charge in [-0.15, -0.1) is 0 Å². The van der Waals surface area contributed by atoms with Gasteiger partial charge in [0.05, 0.1) is 6.54 Å². The highest BCUT2D eigenvalue weighted by Gasteiger charge is 2.29. The van der Waals surface area contributed by atoms with Gasteiger partial charge in [0.1, 0.15) is 18.1 Å². The number of carboxylic acids is 2. The topological polar surface area (TPSA) is 214 Å². The SMILES string of the molecule is CC(C)CC(NC(=O)CN)C(=O)NC(CCCCN)C(=O)NC(CCC(=O)O)C(=O)O. The standard InChI is InChI=1S/C19H35N5O7/c1-11(2)9-14(22-15(25)10-21)18(29)23-12(5-3-4-8-20)17(28)24-13(19(30)31)6-7-16(26)27/h11-14H,3-10,20-21H2,1-2H3,(H,22,25)(H,23,29)(H,24,28)(H,26,27)(H,30,31). The van der Waals surface area contributed by atoms with Crippen LogP contribution in [0.4, 0.5) is 0 Å². The summed E-state index contributed by atoms with van der Waals surface area (Å²) in [6.07, 6.45) is 0.835. The highest BCUT2D eigenvalue weighted by molar-refractivity contribution is 5.93. The minimum atomic E-state index is -1.42. The first-order valence-electron chi connectivity index (χ1n) is 10.3. The molecule has 3 unspecified atom stereocenters. The molecule has 0 spiro atoms. The van der Waals surface area contributed by atoms with Crippen molar-refractivity contribution < 1.29 is 34.2 Å². The van der Waals surface area contributed by atoms with Gasteiger partial charge >= 0.3 is 11.9 Å². The molecular formula is C19H35N5O7. The lowest BCUT2D eigenvalue weighted by molar-refractivity contribution is -0.143. The van der Waals surface area contributed by atoms with Crippen molar-refractivity contribution in [3.63, 3.8) is 0 Å². The molecule has 3 atom stereocenters. The molecule has 0 rings (SSSR count). The fourth-order valence-corrected chi connectivity index (χ4v) is 2.79. The average Bonchev–Trinajstić information content (AvgIpc) is 2.68. The number of carboxylic acid groups (broad SMARTS) is 2. The first-order valence-corrected chi connectivity index (χ1v) is 10.3. The van der Waals surface area contributed by atoms with Crippen LogP contribution in [0.25, 0.3) is 0 Å². The minimum Gasteiger partial charge on any atom is -0.481 e. The zero-order chi connectivity index (χ0) is 24.0. The monoisotopic (exact) mass is 445 g/mol. The lowest BCUT2D eigenvalue weighted by atomic mass is 10.0. The van der Waals surface area contributed by atoms with Gasteiger partial charge < -0.3 is 37.6 Å². The minimum absolute atomic E-state index is 0.0609. The Labute approximate surface area is 181 Å². The fraction of sp³-hybridized carbons (Fsp3) is 0.737. The van der Waals surface area contributed by atoms with Crippen molar-refractivity contribution in [2.24, 2.45) is 17.4 Å². The maximum atomic E-state index is 12.7. The van der Waals surface area contributed by atoms with Crippen molar-refractivity contribution >= 4 is 29.7 Å². The van der Waals surface area contributed by atoms with Crippen LogP contribution in [-0.4, -0.2) is 71.1 Å². The number of carbonyl (C=O) groups is 5. The molecule has 0 aliphatic heterocycles. The third kappa shape index (κ3) is 12.5. The molecule has 12 heteroatoms. The zero-order valence-corrected chi connectivity index (χ0v) is 18.1. The van der Waals surface area contributed by atoms with E-state index in [-0.39, 0.29) is 25.3 Å². The van der Waals surface area contributed by atoms with Gasteiger partial charge in [0.15, 0.2) is 0 Å². The van der Waals surface area contributed by atoms with E-state index in [0.717, 1.165) is 0 Å². The number of nitrogens with two attached hydrogens (primary N) is 2. The molecule has 0 aliphatic rings. The summed E-state index contributed by atoms with van der Waals surface area (Å²) >= 11 is 0. The van der Waals surface area contributed by atoms with E-state index >= 15 is 0 Å². The number of aliphatic carboxylic acids is 2. The van der Waals surface area contributed by atoms with Crippen molar-refractivity contribution in [2.75, 3.05) is 13.1 Å². The normalized spacial score (nSPS) is 13.7. The van der Waals surface area contributed by atoms with Crippen LogP contribution in [0.15, 0.2) is 0 Å². The van der Waals surface area contributed by atoms with Crippen LogP contribution in [0.2, 0.25) is 0 Å². The van der Waals surface area contributed by atoms with Crippen LogP contribution >= 0.6 is 0 Å². The summed E-state index contributed by atoms with van der Waals surface area (Å²) in [5.41, 5.74) is 10.8. The summed E-state index contributed by atoms with van der Waals surface area (Å²) in [5, 5.41) is 25.4. The quantitative estimate of drug-likeness (QED) is 0.138. The van der Waals surface area contributed by atoms with E-state index in [9.17, 15) is 29.1 Å². The Bertz CT molecular complexity index is 627. The Morgan fingerprint density at radius 3 is 1.87 bits per heavy atom. The predicted molar refractivity (Wildman–Crippen MR) is 112 cm³/mol. The average molecular weight is 446 g/mol. The molecule has 0 aromatic rings. The number of unbranched alkanes of at least 4 members (excludes halogenated alkanes) is 1. The number of carbonyl (C=O) groups excluding carboxylic acids is 3. The Hall–Kier alpha value is -2.73. The van der Waals surface area contributed by atoms with Crippen LogP contribution < -0.4 is 27.4 Å². The first-order chi connectivity index (χ1) is 14.5. The molecule has 0 radical (unpaired) electrons. The second kappa shape index (κ2) is 15.1. The summed E-state index contributed by atoms with van der Waals surface area (Å²) < 4.78 is 0. The molecule has 0 fully saturated rings. The molecule has 178 valence electrons. The van der Waals surface area contributed by atoms with Crippen molar-refractivity contribution in [1.82, 2.24) is 16.0 Å². The van der Waals surface area contributed by atoms with E-state index in [2.05, 4.69) is 16.0 Å². The summed E-state index contributed by atoms with van der Waals surface area (Å²) in [5.74, 6) is -4.39. The predicted octanol–water partition coefficient (Wildman–Crippen LogP) is -1.48. The number of rotatable bonds is 16. The van der Waals surface area contributed by atoms with E-state index in [1.165, 1.54) is 0 Å². The van der Waals surface area contributed by atoms with Crippen molar-refractivity contribution in [2.45, 2.75) is 70.5 Å². The molecule has 0 aromatic carbocycles. The number of hydrogen-bond acceptors (Lipinski definition) is 7. The molecule has 12 nitrogen and oxygen atoms in total. The van der Waals surface area contributed by atoms with E-state index in [4.69, 9.17) is 16.6 Å². The third-order valence-corrected chi connectivity index (χ3v) is 4.39. The Morgan fingerprint density at radius 2 is 1.39 bits per heavy atom. The van der Waals surface area contributed by atoms with Gasteiger partial charge in [-0.2, -0.15) is 0 Å². The van der Waals surface area contributed by atoms with Gasteiger partial charge in [0.25, 0.3) is 0 Å². The highest BCUT2D eigenvalue weighted by Crippen LogP contribution is 2.08. The molecule has 0 heterocycles. The Kier molecular flexibility index (Phi) is 13.8. The van der Waals surface area contributed by atoms with Crippen molar-refractivity contribution in [3.05, 3.63) is 0 Å². The highest BCUT2D eigenvalue weighted by atomic mass is 16.4. The fourth-order valence-electron chi connectivity index (χ4n) is 2.79. The molecule has 0 saturated carbocycles. The van der Waals surface area contributed by atoms with E-state index in [1.807, 2.05) is 13.8 Å². The van der Waals surface area contributed by atoms with Gasteiger partial charge in [0.2, 0.25) is 17.7 Å². The largest absolute Gasteiger partial charge is 0.481 e. The van der Waals surface area contributed by atoms with Crippen LogP contribution in [-0.2, 0) is 24.0 Å². The van der Waals surface area contributed by atoms with Gasteiger partial charge in [0, 0.05) is 6.42 Å². The summed E-state index contributed by atoms with van der Waals surface area (Å²) in [6, 6.07) is -3.40. The first kappa shape index (κ1) is 28.3. The number of amides is 3. The van der Waals surface area contributed by atoms with E-state index in [1.54, 1.807) is 0 Å². The maximum Gasteiger partial charge on any atom is 0.326 e. The van der Waals surface area contributed by atoms with E-state index < -0.39 is 54.2 Å². The maximum absolute atomic E-state index is 12.7. The molecule has 0 aliphatic carbocycles. The molecule has 9 N–H and O–H groups in total. The summed E-state index contributed by atoms with van der Waals surface area (Å²) in [6.45, 7) is 3.80. The molecule has 0 bridgehead atoms. The molecule has 3 amide bonds. The molecule has 31 heavy (non-hydrogen) atoms. The van der Waals surface area contributed by atoms with Gasteiger partial charge in [-0.25, -0.2) is 4.79 Å². The number of nitrogens with one attached hydrogen (secondary N) is 3. The van der Waals surface area contributed by atoms with Crippen LogP contribution in [0.3, 0.4) is 0 Å². The van der Waals surface area contributed by atoms with Gasteiger partial charge in [-0.05, 0) is 44.6 Å². The Balaban J connectivity index is 5.36. The molecule has 0 saturated heterocycles. The number of hydrogen-bond donors (Lipinski definition) is 7. The smallest absolute Gasteiger partial charge is 0.326 e. The van der Waals surface area contributed by atoms with E-state index in [0.29, 0.717) is 25.8 Å². The molecule has 0 aromatic heterocycles. The lowest BCUT2D eigenvalue weighted by Gasteiger charge is -2.25. The van der Waals surface area contributed by atoms with Crippen LogP contribution in [0.5, 0.6) is 0 Å². The second-order valence-corrected chi connectivity index (χ2v) is 7.63. The zero-order valence-electron chi connectivity index (χ0n) is 18.1. The van der Waals surface area contributed by atoms with Crippen LogP contribution in [0.1, 0.15) is 52.4 Å². The second-order valence-electron chi connectivity index (χ2n) is 7.63. The van der Waals surface area contributed by atoms with Crippen molar-refractivity contribution in [1.29, 1.82) is 0 Å². The molecular weight excluding hydrogens is 410 g/mol.